The van der Waals surface area contributed by atoms with Crippen LogP contribution in [-0.2, 0) is 13.6 Å². The van der Waals surface area contributed by atoms with E-state index >= 15 is 0 Å². The third-order valence-corrected chi connectivity index (χ3v) is 3.93. The van der Waals surface area contributed by atoms with Crippen LogP contribution in [0.2, 0.25) is 10.0 Å². The average molecular weight is 468 g/mol. The van der Waals surface area contributed by atoms with Gasteiger partial charge in [0.2, 0.25) is 0 Å². The van der Waals surface area contributed by atoms with Gasteiger partial charge in [0.25, 0.3) is 0 Å². The van der Waals surface area contributed by atoms with Crippen molar-refractivity contribution in [1.29, 1.82) is 0 Å². The third-order valence-electron chi connectivity index (χ3n) is 3.37. The van der Waals surface area contributed by atoms with Crippen LogP contribution < -0.4 is 10.6 Å². The maximum Gasteiger partial charge on any atom is 0.191 e. The fraction of sp³-hybridized carbons (Fsp3) is 0.333. The number of hydrogen-bond donors (Lipinski definition) is 2. The normalized spacial score (nSPS) is 12.5. The molecular weight excluding hydrogens is 448 g/mol. The van der Waals surface area contributed by atoms with Crippen molar-refractivity contribution in [2.45, 2.75) is 19.5 Å². The number of halogens is 3. The largest absolute Gasteiger partial charge is 0.351 e. The number of nitrogens with zero attached hydrogens (tertiary/aromatic N) is 3. The van der Waals surface area contributed by atoms with E-state index < -0.39 is 0 Å². The minimum Gasteiger partial charge on any atom is -0.351 e. The van der Waals surface area contributed by atoms with Gasteiger partial charge in [0.05, 0.1) is 18.3 Å². The molecule has 0 spiro atoms. The lowest BCUT2D eigenvalue weighted by atomic mass is 10.1. The van der Waals surface area contributed by atoms with Gasteiger partial charge in [-0.15, -0.1) is 24.0 Å². The van der Waals surface area contributed by atoms with Gasteiger partial charge in [-0.05, 0) is 30.7 Å². The van der Waals surface area contributed by atoms with E-state index in [-0.39, 0.29) is 30.0 Å². The number of aryl methyl sites for hydroxylation is 1. The molecule has 0 aliphatic rings. The fourth-order valence-electron chi connectivity index (χ4n) is 2.08. The Morgan fingerprint density at radius 1 is 1.35 bits per heavy atom. The molecule has 126 valence electrons. The Bertz CT molecular complexity index is 672. The van der Waals surface area contributed by atoms with E-state index in [1.165, 1.54) is 0 Å². The van der Waals surface area contributed by atoms with E-state index in [2.05, 4.69) is 20.7 Å². The summed E-state index contributed by atoms with van der Waals surface area (Å²) in [6, 6.07) is 7.44. The quantitative estimate of drug-likeness (QED) is 0.408. The van der Waals surface area contributed by atoms with Crippen LogP contribution in [-0.4, -0.2) is 22.8 Å². The van der Waals surface area contributed by atoms with Crippen molar-refractivity contribution in [3.8, 4) is 0 Å². The summed E-state index contributed by atoms with van der Waals surface area (Å²) in [5.74, 6) is 0.694. The summed E-state index contributed by atoms with van der Waals surface area (Å²) in [4.78, 5) is 4.23. The molecule has 5 nitrogen and oxygen atoms in total. The zero-order valence-electron chi connectivity index (χ0n) is 13.2. The molecular formula is C15H20Cl2IN5. The first-order chi connectivity index (χ1) is 10.5. The van der Waals surface area contributed by atoms with Crippen molar-refractivity contribution in [1.82, 2.24) is 20.4 Å². The minimum atomic E-state index is 0. The SMILES string of the molecule is CN=C(NCc1ccnn1C)NC(C)c1ccc(Cl)cc1Cl.I. The van der Waals surface area contributed by atoms with E-state index in [9.17, 15) is 0 Å². The summed E-state index contributed by atoms with van der Waals surface area (Å²) in [5.41, 5.74) is 2.04. The summed E-state index contributed by atoms with van der Waals surface area (Å²) in [6.45, 7) is 2.66. The number of rotatable bonds is 4. The first-order valence-electron chi connectivity index (χ1n) is 6.90. The number of nitrogens with one attached hydrogen (secondary N) is 2. The second kappa shape index (κ2) is 9.34. The molecule has 8 heteroatoms. The number of guanidine groups is 1. The van der Waals surface area contributed by atoms with Crippen molar-refractivity contribution in [2.75, 3.05) is 7.05 Å². The molecule has 0 aliphatic heterocycles. The molecule has 0 amide bonds. The highest BCUT2D eigenvalue weighted by Gasteiger charge is 2.12. The second-order valence-corrected chi connectivity index (χ2v) is 5.75. The molecule has 0 fully saturated rings. The molecule has 0 saturated heterocycles. The Hall–Kier alpha value is -0.990. The summed E-state index contributed by atoms with van der Waals surface area (Å²) in [7, 11) is 3.64. The van der Waals surface area contributed by atoms with Gasteiger partial charge in [-0.25, -0.2) is 0 Å². The van der Waals surface area contributed by atoms with E-state index in [1.54, 1.807) is 19.3 Å². The smallest absolute Gasteiger partial charge is 0.191 e. The van der Waals surface area contributed by atoms with Crippen molar-refractivity contribution >= 4 is 53.1 Å². The predicted octanol–water partition coefficient (Wildman–Crippen LogP) is 3.77. The Balaban J connectivity index is 0.00000264. The molecule has 0 aliphatic carbocycles. The summed E-state index contributed by atoms with van der Waals surface area (Å²) in [5, 5.41) is 12.0. The highest BCUT2D eigenvalue weighted by molar-refractivity contribution is 14.0. The topological polar surface area (TPSA) is 54.2 Å². The third kappa shape index (κ3) is 5.54. The second-order valence-electron chi connectivity index (χ2n) is 4.90. The Morgan fingerprint density at radius 2 is 2.09 bits per heavy atom. The molecule has 2 aromatic rings. The van der Waals surface area contributed by atoms with Gasteiger partial charge in [-0.1, -0.05) is 29.3 Å². The van der Waals surface area contributed by atoms with Crippen molar-refractivity contribution < 1.29 is 0 Å². The average Bonchev–Trinajstić information content (AvgIpc) is 2.88. The number of benzene rings is 1. The van der Waals surface area contributed by atoms with E-state index in [0.29, 0.717) is 22.5 Å². The van der Waals surface area contributed by atoms with Crippen LogP contribution in [0.3, 0.4) is 0 Å². The zero-order valence-corrected chi connectivity index (χ0v) is 17.0. The number of hydrogen-bond acceptors (Lipinski definition) is 2. The van der Waals surface area contributed by atoms with Crippen LogP contribution in [0.1, 0.15) is 24.2 Å². The monoisotopic (exact) mass is 467 g/mol. The Morgan fingerprint density at radius 3 is 2.65 bits per heavy atom. The van der Waals surface area contributed by atoms with Crippen LogP contribution in [0.4, 0.5) is 0 Å². The lowest BCUT2D eigenvalue weighted by Crippen LogP contribution is -2.38. The van der Waals surface area contributed by atoms with Crippen LogP contribution in [0, 0.1) is 0 Å². The van der Waals surface area contributed by atoms with Crippen LogP contribution >= 0.6 is 47.2 Å². The molecule has 0 saturated carbocycles. The van der Waals surface area contributed by atoms with Gasteiger partial charge >= 0.3 is 0 Å². The van der Waals surface area contributed by atoms with E-state index in [4.69, 9.17) is 23.2 Å². The molecule has 1 heterocycles. The zero-order chi connectivity index (χ0) is 16.1. The molecule has 1 aromatic heterocycles. The first-order valence-corrected chi connectivity index (χ1v) is 7.66. The van der Waals surface area contributed by atoms with Crippen LogP contribution in [0.5, 0.6) is 0 Å². The Labute approximate surface area is 163 Å². The van der Waals surface area contributed by atoms with Crippen molar-refractivity contribution in [3.63, 3.8) is 0 Å². The van der Waals surface area contributed by atoms with E-state index in [1.807, 2.05) is 36.9 Å². The molecule has 2 N–H and O–H groups in total. The summed E-state index contributed by atoms with van der Waals surface area (Å²) < 4.78 is 1.82. The Kier molecular flexibility index (Phi) is 8.15. The van der Waals surface area contributed by atoms with Gasteiger partial charge in [0.1, 0.15) is 0 Å². The highest BCUT2D eigenvalue weighted by atomic mass is 127. The minimum absolute atomic E-state index is 0. The molecule has 1 atom stereocenters. The van der Waals surface area contributed by atoms with Gasteiger partial charge in [-0.2, -0.15) is 5.10 Å². The molecule has 1 unspecified atom stereocenters. The highest BCUT2D eigenvalue weighted by Crippen LogP contribution is 2.25. The van der Waals surface area contributed by atoms with Gasteiger partial charge in [-0.3, -0.25) is 9.67 Å². The molecule has 0 radical (unpaired) electrons. The summed E-state index contributed by atoms with van der Waals surface area (Å²) >= 11 is 12.2. The van der Waals surface area contributed by atoms with Crippen molar-refractivity contribution in [2.24, 2.45) is 12.0 Å². The van der Waals surface area contributed by atoms with Crippen molar-refractivity contribution in [3.05, 3.63) is 51.8 Å². The molecule has 23 heavy (non-hydrogen) atoms. The molecule has 2 rings (SSSR count). The number of aromatic nitrogens is 2. The van der Waals surface area contributed by atoms with Gasteiger partial charge < -0.3 is 10.6 Å². The summed E-state index contributed by atoms with van der Waals surface area (Å²) in [6.07, 6.45) is 1.77. The first kappa shape index (κ1) is 20.1. The standard InChI is InChI=1S/C15H19Cl2N5.HI/c1-10(13-5-4-11(16)8-14(13)17)21-15(18-2)19-9-12-6-7-20-22(12)3;/h4-8,10H,9H2,1-3H3,(H2,18,19,21);1H. The van der Waals surface area contributed by atoms with Crippen LogP contribution in [0.25, 0.3) is 0 Å². The molecule has 0 bridgehead atoms. The van der Waals surface area contributed by atoms with E-state index in [0.717, 1.165) is 11.3 Å². The lowest BCUT2D eigenvalue weighted by Gasteiger charge is -2.19. The molecule has 1 aromatic carbocycles. The number of aliphatic imine (C=N–C) groups is 1. The maximum absolute atomic E-state index is 6.23. The fourth-order valence-corrected chi connectivity index (χ4v) is 2.65. The van der Waals surface area contributed by atoms with Crippen LogP contribution in [0.15, 0.2) is 35.5 Å². The predicted molar refractivity (Wildman–Crippen MR) is 107 cm³/mol. The van der Waals surface area contributed by atoms with Gasteiger partial charge in [0.15, 0.2) is 5.96 Å². The maximum atomic E-state index is 6.23. The lowest BCUT2D eigenvalue weighted by molar-refractivity contribution is 0.659. The van der Waals surface area contributed by atoms with Gasteiger partial charge in [0, 0.05) is 30.3 Å².